The normalized spacial score (nSPS) is 23.6. The quantitative estimate of drug-likeness (QED) is 0.877. The van der Waals surface area contributed by atoms with E-state index in [2.05, 4.69) is 22.4 Å². The van der Waals surface area contributed by atoms with E-state index in [0.717, 1.165) is 44.7 Å². The van der Waals surface area contributed by atoms with Gasteiger partial charge in [-0.15, -0.1) is 0 Å². The fourth-order valence-corrected chi connectivity index (χ4v) is 3.45. The summed E-state index contributed by atoms with van der Waals surface area (Å²) < 4.78 is 0. The Morgan fingerprint density at radius 2 is 2.16 bits per heavy atom. The zero-order valence-corrected chi connectivity index (χ0v) is 11.4. The Morgan fingerprint density at radius 1 is 1.32 bits per heavy atom. The number of fused-ring (bicyclic) bond motifs is 1. The summed E-state index contributed by atoms with van der Waals surface area (Å²) in [7, 11) is 0. The van der Waals surface area contributed by atoms with E-state index in [-0.39, 0.29) is 0 Å². The highest BCUT2D eigenvalue weighted by molar-refractivity contribution is 5.45. The van der Waals surface area contributed by atoms with Gasteiger partial charge in [-0.3, -0.25) is 0 Å². The van der Waals surface area contributed by atoms with E-state index >= 15 is 0 Å². The number of piperazine rings is 1. The van der Waals surface area contributed by atoms with Crippen LogP contribution in [-0.2, 0) is 6.42 Å². The maximum Gasteiger partial charge on any atom is 0.0994 e. The SMILES string of the molecule is N#Cc1cccc2c1CCCC2CN1CCNCC1. The van der Waals surface area contributed by atoms with E-state index in [4.69, 9.17) is 0 Å². The molecule has 1 aromatic rings. The molecular formula is C16H21N3. The van der Waals surface area contributed by atoms with Crippen molar-refractivity contribution in [3.8, 4) is 6.07 Å². The molecule has 2 aliphatic rings. The Labute approximate surface area is 115 Å². The lowest BCUT2D eigenvalue weighted by Crippen LogP contribution is -2.45. The van der Waals surface area contributed by atoms with E-state index in [1.54, 1.807) is 0 Å². The molecule has 1 unspecified atom stereocenters. The van der Waals surface area contributed by atoms with Gasteiger partial charge in [0.15, 0.2) is 0 Å². The lowest BCUT2D eigenvalue weighted by atomic mass is 9.80. The molecule has 0 amide bonds. The van der Waals surface area contributed by atoms with Crippen molar-refractivity contribution in [2.75, 3.05) is 32.7 Å². The van der Waals surface area contributed by atoms with Crippen molar-refractivity contribution in [3.05, 3.63) is 34.9 Å². The fraction of sp³-hybridized carbons (Fsp3) is 0.562. The van der Waals surface area contributed by atoms with Crippen molar-refractivity contribution in [2.24, 2.45) is 0 Å². The van der Waals surface area contributed by atoms with E-state index < -0.39 is 0 Å². The molecule has 1 aliphatic heterocycles. The third-order valence-corrected chi connectivity index (χ3v) is 4.44. The number of benzene rings is 1. The van der Waals surface area contributed by atoms with E-state index in [1.165, 1.54) is 24.0 Å². The summed E-state index contributed by atoms with van der Waals surface area (Å²) in [6.45, 7) is 5.69. The van der Waals surface area contributed by atoms with Crippen LogP contribution in [0.1, 0.15) is 35.4 Å². The van der Waals surface area contributed by atoms with Gasteiger partial charge >= 0.3 is 0 Å². The minimum atomic E-state index is 0.621. The van der Waals surface area contributed by atoms with Crippen LogP contribution in [0.15, 0.2) is 18.2 Å². The molecule has 0 saturated carbocycles. The van der Waals surface area contributed by atoms with Gasteiger partial charge in [0.25, 0.3) is 0 Å². The molecule has 19 heavy (non-hydrogen) atoms. The number of rotatable bonds is 2. The smallest absolute Gasteiger partial charge is 0.0994 e. The molecule has 1 atom stereocenters. The number of nitrogens with zero attached hydrogens (tertiary/aromatic N) is 2. The van der Waals surface area contributed by atoms with Crippen LogP contribution in [0.5, 0.6) is 0 Å². The zero-order chi connectivity index (χ0) is 13.1. The molecule has 3 rings (SSSR count). The van der Waals surface area contributed by atoms with Gasteiger partial charge in [0.2, 0.25) is 0 Å². The highest BCUT2D eigenvalue weighted by atomic mass is 15.2. The second kappa shape index (κ2) is 5.73. The predicted octanol–water partition coefficient (Wildman–Crippen LogP) is 1.88. The molecule has 1 fully saturated rings. The van der Waals surface area contributed by atoms with Gasteiger partial charge in [-0.1, -0.05) is 12.1 Å². The van der Waals surface area contributed by atoms with E-state index in [9.17, 15) is 5.26 Å². The number of hydrogen-bond donors (Lipinski definition) is 1. The molecule has 0 radical (unpaired) electrons. The summed E-state index contributed by atoms with van der Waals surface area (Å²) in [5.41, 5.74) is 3.64. The van der Waals surface area contributed by atoms with Crippen LogP contribution in [0.3, 0.4) is 0 Å². The Morgan fingerprint density at radius 3 is 2.95 bits per heavy atom. The van der Waals surface area contributed by atoms with Gasteiger partial charge in [0.1, 0.15) is 0 Å². The van der Waals surface area contributed by atoms with E-state index in [0.29, 0.717) is 5.92 Å². The Hall–Kier alpha value is -1.37. The average molecular weight is 255 g/mol. The van der Waals surface area contributed by atoms with Crippen molar-refractivity contribution in [1.29, 1.82) is 5.26 Å². The maximum absolute atomic E-state index is 9.23. The van der Waals surface area contributed by atoms with Crippen LogP contribution in [0.2, 0.25) is 0 Å². The summed E-state index contributed by atoms with van der Waals surface area (Å²) in [5, 5.41) is 12.6. The third-order valence-electron chi connectivity index (χ3n) is 4.44. The van der Waals surface area contributed by atoms with Gasteiger partial charge in [-0.25, -0.2) is 0 Å². The standard InChI is InChI=1S/C16H21N3/c17-11-13-3-1-6-16-14(4-2-5-15(13)16)12-19-9-7-18-8-10-19/h1,3,6,14,18H,2,4-5,7-10,12H2. The summed E-state index contributed by atoms with van der Waals surface area (Å²) in [4.78, 5) is 2.56. The topological polar surface area (TPSA) is 39.1 Å². The van der Waals surface area contributed by atoms with Crippen molar-refractivity contribution in [2.45, 2.75) is 25.2 Å². The third kappa shape index (κ3) is 2.65. The van der Waals surface area contributed by atoms with Crippen molar-refractivity contribution in [1.82, 2.24) is 10.2 Å². The lowest BCUT2D eigenvalue weighted by Gasteiger charge is -2.34. The first-order chi connectivity index (χ1) is 9.38. The highest BCUT2D eigenvalue weighted by Crippen LogP contribution is 2.33. The summed E-state index contributed by atoms with van der Waals surface area (Å²) in [5.74, 6) is 0.621. The molecule has 100 valence electrons. The number of hydrogen-bond acceptors (Lipinski definition) is 3. The Bertz CT molecular complexity index is 483. The monoisotopic (exact) mass is 255 g/mol. The molecule has 0 spiro atoms. The molecule has 1 saturated heterocycles. The zero-order valence-electron chi connectivity index (χ0n) is 11.4. The summed E-state index contributed by atoms with van der Waals surface area (Å²) in [6.07, 6.45) is 3.57. The van der Waals surface area contributed by atoms with Gasteiger partial charge in [0.05, 0.1) is 11.6 Å². The maximum atomic E-state index is 9.23. The number of nitriles is 1. The highest BCUT2D eigenvalue weighted by Gasteiger charge is 2.24. The minimum Gasteiger partial charge on any atom is -0.314 e. The van der Waals surface area contributed by atoms with E-state index in [1.807, 2.05) is 12.1 Å². The first-order valence-electron chi connectivity index (χ1n) is 7.33. The van der Waals surface area contributed by atoms with Gasteiger partial charge in [-0.05, 0) is 42.4 Å². The molecule has 1 aliphatic carbocycles. The largest absolute Gasteiger partial charge is 0.314 e. The fourth-order valence-electron chi connectivity index (χ4n) is 3.45. The van der Waals surface area contributed by atoms with Crippen LogP contribution in [-0.4, -0.2) is 37.6 Å². The first kappa shape index (κ1) is 12.7. The average Bonchev–Trinajstić information content (AvgIpc) is 2.48. The lowest BCUT2D eigenvalue weighted by molar-refractivity contribution is 0.220. The van der Waals surface area contributed by atoms with Crippen LogP contribution in [0, 0.1) is 11.3 Å². The minimum absolute atomic E-state index is 0.621. The summed E-state index contributed by atoms with van der Waals surface area (Å²) in [6, 6.07) is 8.61. The molecule has 0 aromatic heterocycles. The predicted molar refractivity (Wildman–Crippen MR) is 76.1 cm³/mol. The van der Waals surface area contributed by atoms with Crippen molar-refractivity contribution >= 4 is 0 Å². The Kier molecular flexibility index (Phi) is 3.82. The molecule has 3 nitrogen and oxygen atoms in total. The number of nitrogens with one attached hydrogen (secondary N) is 1. The second-order valence-corrected chi connectivity index (χ2v) is 5.62. The van der Waals surface area contributed by atoms with Gasteiger partial charge in [-0.2, -0.15) is 5.26 Å². The first-order valence-corrected chi connectivity index (χ1v) is 7.33. The Balaban J connectivity index is 1.80. The molecule has 3 heteroatoms. The molecular weight excluding hydrogens is 234 g/mol. The van der Waals surface area contributed by atoms with Crippen LogP contribution in [0.25, 0.3) is 0 Å². The molecule has 1 heterocycles. The second-order valence-electron chi connectivity index (χ2n) is 5.62. The van der Waals surface area contributed by atoms with Crippen LogP contribution >= 0.6 is 0 Å². The van der Waals surface area contributed by atoms with Crippen molar-refractivity contribution in [3.63, 3.8) is 0 Å². The molecule has 1 aromatic carbocycles. The summed E-state index contributed by atoms with van der Waals surface area (Å²) >= 11 is 0. The van der Waals surface area contributed by atoms with Gasteiger partial charge < -0.3 is 10.2 Å². The van der Waals surface area contributed by atoms with Crippen LogP contribution < -0.4 is 5.32 Å². The van der Waals surface area contributed by atoms with Crippen LogP contribution in [0.4, 0.5) is 0 Å². The molecule has 0 bridgehead atoms. The van der Waals surface area contributed by atoms with Crippen molar-refractivity contribution < 1.29 is 0 Å². The molecule has 1 N–H and O–H groups in total. The van der Waals surface area contributed by atoms with Gasteiger partial charge in [0, 0.05) is 32.7 Å².